The first-order valence-electron chi connectivity index (χ1n) is 8.44. The number of carbonyl (C=O) groups is 1. The number of nitrogens with one attached hydrogen (secondary N) is 1. The van der Waals surface area contributed by atoms with Crippen molar-refractivity contribution in [3.05, 3.63) is 35.4 Å². The maximum atomic E-state index is 12.2. The lowest BCUT2D eigenvalue weighted by Gasteiger charge is -2.28. The highest BCUT2D eigenvalue weighted by Crippen LogP contribution is 2.25. The van der Waals surface area contributed by atoms with Crippen LogP contribution in [0.5, 0.6) is 0 Å². The predicted molar refractivity (Wildman–Crippen MR) is 86.7 cm³/mol. The SMILES string of the molecule is Cc1ccc(C(CNC(=O)C2CCCO2)N2CCCC2)cc1. The molecule has 3 rings (SSSR count). The Kier molecular flexibility index (Phi) is 5.11. The lowest BCUT2D eigenvalue weighted by molar-refractivity contribution is -0.130. The van der Waals surface area contributed by atoms with Crippen LogP contribution in [0, 0.1) is 6.92 Å². The van der Waals surface area contributed by atoms with E-state index in [1.54, 1.807) is 0 Å². The van der Waals surface area contributed by atoms with Gasteiger partial charge in [-0.2, -0.15) is 0 Å². The zero-order valence-electron chi connectivity index (χ0n) is 13.4. The van der Waals surface area contributed by atoms with Crippen LogP contribution in [0.4, 0.5) is 0 Å². The van der Waals surface area contributed by atoms with Crippen molar-refractivity contribution in [2.45, 2.75) is 44.8 Å². The van der Waals surface area contributed by atoms with Gasteiger partial charge in [-0.15, -0.1) is 0 Å². The second kappa shape index (κ2) is 7.25. The Bertz CT molecular complexity index is 488. The molecule has 22 heavy (non-hydrogen) atoms. The molecule has 2 aliphatic rings. The van der Waals surface area contributed by atoms with E-state index in [0.29, 0.717) is 13.2 Å². The molecule has 2 aliphatic heterocycles. The summed E-state index contributed by atoms with van der Waals surface area (Å²) in [6.07, 6.45) is 4.11. The first kappa shape index (κ1) is 15.5. The molecule has 0 bridgehead atoms. The van der Waals surface area contributed by atoms with E-state index in [1.165, 1.54) is 24.0 Å². The van der Waals surface area contributed by atoms with Gasteiger partial charge in [0.15, 0.2) is 0 Å². The quantitative estimate of drug-likeness (QED) is 0.908. The molecule has 4 nitrogen and oxygen atoms in total. The highest BCUT2D eigenvalue weighted by molar-refractivity contribution is 5.81. The van der Waals surface area contributed by atoms with Crippen LogP contribution in [0.1, 0.15) is 42.9 Å². The summed E-state index contributed by atoms with van der Waals surface area (Å²) in [5.41, 5.74) is 2.56. The fraction of sp³-hybridized carbons (Fsp3) is 0.611. The molecule has 120 valence electrons. The number of carbonyl (C=O) groups excluding carboxylic acids is 1. The first-order valence-corrected chi connectivity index (χ1v) is 8.44. The number of ether oxygens (including phenoxy) is 1. The van der Waals surface area contributed by atoms with Gasteiger partial charge in [0.05, 0.1) is 6.04 Å². The van der Waals surface area contributed by atoms with Crippen LogP contribution >= 0.6 is 0 Å². The molecule has 0 spiro atoms. The van der Waals surface area contributed by atoms with Crippen molar-refractivity contribution in [1.29, 1.82) is 0 Å². The maximum absolute atomic E-state index is 12.2. The molecule has 2 unspecified atom stereocenters. The van der Waals surface area contributed by atoms with Crippen LogP contribution in [0.25, 0.3) is 0 Å². The normalized spacial score (nSPS) is 23.6. The van der Waals surface area contributed by atoms with E-state index in [-0.39, 0.29) is 18.1 Å². The lowest BCUT2D eigenvalue weighted by Crippen LogP contribution is -2.40. The average molecular weight is 302 g/mol. The summed E-state index contributed by atoms with van der Waals surface area (Å²) in [4.78, 5) is 14.7. The molecule has 2 atom stereocenters. The molecule has 2 heterocycles. The zero-order chi connectivity index (χ0) is 15.4. The highest BCUT2D eigenvalue weighted by atomic mass is 16.5. The first-order chi connectivity index (χ1) is 10.7. The third-order valence-electron chi connectivity index (χ3n) is 4.74. The molecule has 2 fully saturated rings. The number of rotatable bonds is 5. The van der Waals surface area contributed by atoms with Crippen LogP contribution in [-0.4, -0.2) is 43.2 Å². The van der Waals surface area contributed by atoms with E-state index in [4.69, 9.17) is 4.74 Å². The van der Waals surface area contributed by atoms with E-state index in [9.17, 15) is 4.79 Å². The van der Waals surface area contributed by atoms with Crippen molar-refractivity contribution in [2.24, 2.45) is 0 Å². The predicted octanol–water partition coefficient (Wildman–Crippen LogP) is 2.43. The van der Waals surface area contributed by atoms with E-state index in [2.05, 4.69) is 41.4 Å². The Morgan fingerprint density at radius 3 is 2.64 bits per heavy atom. The minimum Gasteiger partial charge on any atom is -0.368 e. The molecule has 1 aromatic rings. The van der Waals surface area contributed by atoms with Crippen LogP contribution in [0.3, 0.4) is 0 Å². The van der Waals surface area contributed by atoms with Gasteiger partial charge in [-0.1, -0.05) is 29.8 Å². The summed E-state index contributed by atoms with van der Waals surface area (Å²) in [6.45, 7) is 5.73. The molecule has 0 aromatic heterocycles. The number of amides is 1. The van der Waals surface area contributed by atoms with Crippen LogP contribution < -0.4 is 5.32 Å². The Labute approximate surface area is 132 Å². The van der Waals surface area contributed by atoms with Crippen LogP contribution in [0.15, 0.2) is 24.3 Å². The Hall–Kier alpha value is -1.39. The van der Waals surface area contributed by atoms with Gasteiger partial charge in [0.2, 0.25) is 5.91 Å². The Morgan fingerprint density at radius 1 is 1.27 bits per heavy atom. The minimum atomic E-state index is -0.239. The largest absolute Gasteiger partial charge is 0.368 e. The summed E-state index contributed by atoms with van der Waals surface area (Å²) in [5.74, 6) is 0.0498. The van der Waals surface area contributed by atoms with Gasteiger partial charge in [-0.05, 0) is 51.3 Å². The topological polar surface area (TPSA) is 41.6 Å². The summed E-state index contributed by atoms with van der Waals surface area (Å²) in [7, 11) is 0. The lowest BCUT2D eigenvalue weighted by atomic mass is 10.0. The number of hydrogen-bond donors (Lipinski definition) is 1. The Morgan fingerprint density at radius 2 is 2.00 bits per heavy atom. The van der Waals surface area contributed by atoms with Gasteiger partial charge in [-0.3, -0.25) is 9.69 Å². The molecule has 1 N–H and O–H groups in total. The number of hydrogen-bond acceptors (Lipinski definition) is 3. The number of nitrogens with zero attached hydrogens (tertiary/aromatic N) is 1. The molecule has 0 radical (unpaired) electrons. The maximum Gasteiger partial charge on any atom is 0.249 e. The number of likely N-dealkylation sites (tertiary alicyclic amines) is 1. The van der Waals surface area contributed by atoms with Gasteiger partial charge >= 0.3 is 0 Å². The fourth-order valence-electron chi connectivity index (χ4n) is 3.40. The van der Waals surface area contributed by atoms with Gasteiger partial charge in [0.25, 0.3) is 0 Å². The van der Waals surface area contributed by atoms with Crippen molar-refractivity contribution in [3.63, 3.8) is 0 Å². The van der Waals surface area contributed by atoms with Gasteiger partial charge in [0, 0.05) is 13.2 Å². The van der Waals surface area contributed by atoms with Crippen molar-refractivity contribution in [2.75, 3.05) is 26.2 Å². The van der Waals surface area contributed by atoms with E-state index >= 15 is 0 Å². The van der Waals surface area contributed by atoms with E-state index < -0.39 is 0 Å². The van der Waals surface area contributed by atoms with Gasteiger partial charge < -0.3 is 10.1 Å². The van der Waals surface area contributed by atoms with Crippen molar-refractivity contribution in [3.8, 4) is 0 Å². The summed E-state index contributed by atoms with van der Waals surface area (Å²) in [6, 6.07) is 8.96. The highest BCUT2D eigenvalue weighted by Gasteiger charge is 2.27. The molecule has 0 aliphatic carbocycles. The standard InChI is InChI=1S/C18H26N2O2/c1-14-6-8-15(9-7-14)16(20-10-2-3-11-20)13-19-18(21)17-5-4-12-22-17/h6-9,16-17H,2-5,10-13H2,1H3,(H,19,21). The third kappa shape index (κ3) is 3.68. The van der Waals surface area contributed by atoms with E-state index in [0.717, 1.165) is 25.9 Å². The Balaban J connectivity index is 1.65. The summed E-state index contributed by atoms with van der Waals surface area (Å²) in [5, 5.41) is 3.11. The number of benzene rings is 1. The summed E-state index contributed by atoms with van der Waals surface area (Å²) < 4.78 is 5.47. The average Bonchev–Trinajstić information content (AvgIpc) is 3.22. The zero-order valence-corrected chi connectivity index (χ0v) is 13.4. The second-order valence-corrected chi connectivity index (χ2v) is 6.42. The second-order valence-electron chi connectivity index (χ2n) is 6.42. The van der Waals surface area contributed by atoms with Crippen LogP contribution in [-0.2, 0) is 9.53 Å². The molecule has 0 saturated carbocycles. The smallest absolute Gasteiger partial charge is 0.249 e. The monoisotopic (exact) mass is 302 g/mol. The fourth-order valence-corrected chi connectivity index (χ4v) is 3.40. The van der Waals surface area contributed by atoms with E-state index in [1.807, 2.05) is 0 Å². The van der Waals surface area contributed by atoms with Crippen molar-refractivity contribution >= 4 is 5.91 Å². The molecule has 4 heteroatoms. The molecule has 1 aromatic carbocycles. The molecular formula is C18H26N2O2. The van der Waals surface area contributed by atoms with Crippen LogP contribution in [0.2, 0.25) is 0 Å². The number of aryl methyl sites for hydroxylation is 1. The molecule has 1 amide bonds. The molecule has 2 saturated heterocycles. The summed E-state index contributed by atoms with van der Waals surface area (Å²) >= 11 is 0. The van der Waals surface area contributed by atoms with Gasteiger partial charge in [-0.25, -0.2) is 0 Å². The van der Waals surface area contributed by atoms with Crippen molar-refractivity contribution in [1.82, 2.24) is 10.2 Å². The molecular weight excluding hydrogens is 276 g/mol. The van der Waals surface area contributed by atoms with Gasteiger partial charge in [0.1, 0.15) is 6.10 Å². The van der Waals surface area contributed by atoms with Crippen molar-refractivity contribution < 1.29 is 9.53 Å². The minimum absolute atomic E-state index is 0.0498. The third-order valence-corrected chi connectivity index (χ3v) is 4.74.